The second-order valence-corrected chi connectivity index (χ2v) is 6.91. The number of rotatable bonds is 7. The molecule has 31 heavy (non-hydrogen) atoms. The number of nitrogens with one attached hydrogen (secondary N) is 3. The van der Waals surface area contributed by atoms with E-state index in [9.17, 15) is 4.79 Å². The van der Waals surface area contributed by atoms with E-state index in [0.29, 0.717) is 30.3 Å². The largest absolute Gasteiger partial charge is 0.357 e. The number of carbonyl (C=O) groups is 1. The molecule has 3 N–H and O–H groups in total. The van der Waals surface area contributed by atoms with E-state index in [4.69, 9.17) is 6.42 Å². The molecule has 0 radical (unpaired) electrons. The van der Waals surface area contributed by atoms with Gasteiger partial charge in [0.15, 0.2) is 5.96 Å². The smallest absolute Gasteiger partial charge is 0.246 e. The van der Waals surface area contributed by atoms with Crippen molar-refractivity contribution < 1.29 is 4.79 Å². The number of carbonyl (C=O) groups excluding carboxylic acids is 1. The molecule has 0 unspecified atom stereocenters. The molecule has 0 aliphatic rings. The molecule has 7 nitrogen and oxygen atoms in total. The number of benzene rings is 2. The number of imidazole rings is 1. The van der Waals surface area contributed by atoms with Crippen molar-refractivity contribution in [2.24, 2.45) is 4.99 Å². The Labute approximate surface area is 182 Å². The van der Waals surface area contributed by atoms with E-state index < -0.39 is 0 Å². The van der Waals surface area contributed by atoms with Crippen LogP contribution < -0.4 is 10.6 Å². The highest BCUT2D eigenvalue weighted by Crippen LogP contribution is 2.16. The number of guanidine groups is 1. The Balaban J connectivity index is 1.62. The van der Waals surface area contributed by atoms with Gasteiger partial charge in [0.1, 0.15) is 12.4 Å². The van der Waals surface area contributed by atoms with E-state index in [2.05, 4.69) is 31.5 Å². The highest BCUT2D eigenvalue weighted by atomic mass is 16.1. The third-order valence-electron chi connectivity index (χ3n) is 4.48. The van der Waals surface area contributed by atoms with Crippen LogP contribution in [0.3, 0.4) is 0 Å². The normalized spacial score (nSPS) is 10.9. The van der Waals surface area contributed by atoms with Crippen molar-refractivity contribution >= 4 is 17.6 Å². The molecule has 0 aliphatic carbocycles. The lowest BCUT2D eigenvalue weighted by atomic mass is 10.2. The van der Waals surface area contributed by atoms with E-state index in [-0.39, 0.29) is 12.5 Å². The Hall–Kier alpha value is -4.05. The van der Waals surface area contributed by atoms with Crippen LogP contribution in [0.2, 0.25) is 0 Å². The van der Waals surface area contributed by atoms with Gasteiger partial charge in [0.25, 0.3) is 0 Å². The van der Waals surface area contributed by atoms with Gasteiger partial charge in [-0.25, -0.2) is 9.98 Å². The Bertz CT molecular complexity index is 1080. The van der Waals surface area contributed by atoms with E-state index in [1.165, 1.54) is 0 Å². The monoisotopic (exact) mass is 414 g/mol. The molecule has 0 saturated heterocycles. The van der Waals surface area contributed by atoms with Gasteiger partial charge < -0.3 is 20.5 Å². The molecule has 7 heteroatoms. The average Bonchev–Trinajstić information content (AvgIpc) is 3.25. The molecule has 2 aromatic carbocycles. The van der Waals surface area contributed by atoms with Crippen LogP contribution in [0.4, 0.5) is 5.69 Å². The molecule has 1 heterocycles. The maximum atomic E-state index is 12.3. The van der Waals surface area contributed by atoms with Gasteiger partial charge in [-0.3, -0.25) is 4.79 Å². The maximum Gasteiger partial charge on any atom is 0.246 e. The zero-order valence-corrected chi connectivity index (χ0v) is 17.7. The number of H-pyrrole nitrogens is 1. The minimum atomic E-state index is -0.220. The molecule has 0 saturated carbocycles. The number of aromatic amines is 1. The number of hydrogen-bond acceptors (Lipinski definition) is 3. The quantitative estimate of drug-likeness (QED) is 0.315. The molecule has 158 valence electrons. The number of anilines is 1. The standard InChI is InChI=1S/C24H26N6O/c1-4-18-10-9-13-20(14-18)28-23(31)16-27-24(25-5-2)30(3)17-22-26-15-21(29-22)19-11-7-6-8-12-19/h1,6-15H,5,16-17H2,2-3H3,(H,25,27)(H,26,29)(H,28,31). The van der Waals surface area contributed by atoms with Gasteiger partial charge in [-0.1, -0.05) is 42.3 Å². The molecule has 0 aliphatic heterocycles. The summed E-state index contributed by atoms with van der Waals surface area (Å²) < 4.78 is 0. The summed E-state index contributed by atoms with van der Waals surface area (Å²) in [6, 6.07) is 17.2. The summed E-state index contributed by atoms with van der Waals surface area (Å²) in [5.74, 6) is 3.76. The van der Waals surface area contributed by atoms with Crippen LogP contribution in [0.1, 0.15) is 18.3 Å². The number of nitrogens with zero attached hydrogens (tertiary/aromatic N) is 3. The SMILES string of the molecule is C#Cc1cccc(NC(=O)CN=C(NCC)N(C)Cc2ncc(-c3ccccc3)[nH]2)c1. The van der Waals surface area contributed by atoms with Crippen LogP contribution in [0.5, 0.6) is 0 Å². The molecule has 0 atom stereocenters. The van der Waals surface area contributed by atoms with Crippen molar-refractivity contribution in [3.63, 3.8) is 0 Å². The molecule has 0 bridgehead atoms. The fourth-order valence-electron chi connectivity index (χ4n) is 3.01. The summed E-state index contributed by atoms with van der Waals surface area (Å²) in [4.78, 5) is 26.5. The Morgan fingerprint density at radius 1 is 1.23 bits per heavy atom. The van der Waals surface area contributed by atoms with Crippen LogP contribution in [0, 0.1) is 12.3 Å². The second kappa shape index (κ2) is 10.6. The number of amides is 1. The van der Waals surface area contributed by atoms with Crippen molar-refractivity contribution in [1.29, 1.82) is 0 Å². The molecular formula is C24H26N6O. The minimum Gasteiger partial charge on any atom is -0.357 e. The predicted molar refractivity (Wildman–Crippen MR) is 124 cm³/mol. The molecule has 3 aromatic rings. The Morgan fingerprint density at radius 3 is 2.77 bits per heavy atom. The zero-order valence-electron chi connectivity index (χ0n) is 17.7. The van der Waals surface area contributed by atoms with Gasteiger partial charge in [0.2, 0.25) is 5.91 Å². The highest BCUT2D eigenvalue weighted by molar-refractivity contribution is 5.94. The molecule has 1 aromatic heterocycles. The Kier molecular flexibility index (Phi) is 7.44. The maximum absolute atomic E-state index is 12.3. The van der Waals surface area contributed by atoms with Gasteiger partial charge in [-0.15, -0.1) is 6.42 Å². The molecule has 0 spiro atoms. The van der Waals surface area contributed by atoms with E-state index in [1.807, 2.05) is 61.5 Å². The van der Waals surface area contributed by atoms with Gasteiger partial charge in [-0.05, 0) is 30.7 Å². The van der Waals surface area contributed by atoms with Crippen LogP contribution >= 0.6 is 0 Å². The Morgan fingerprint density at radius 2 is 2.03 bits per heavy atom. The third-order valence-corrected chi connectivity index (χ3v) is 4.48. The molecular weight excluding hydrogens is 388 g/mol. The first-order valence-corrected chi connectivity index (χ1v) is 10.0. The van der Waals surface area contributed by atoms with Crippen LogP contribution in [0.25, 0.3) is 11.3 Å². The second-order valence-electron chi connectivity index (χ2n) is 6.91. The predicted octanol–water partition coefficient (Wildman–Crippen LogP) is 3.09. The van der Waals surface area contributed by atoms with Gasteiger partial charge >= 0.3 is 0 Å². The van der Waals surface area contributed by atoms with E-state index in [1.54, 1.807) is 18.2 Å². The minimum absolute atomic E-state index is 0.0135. The number of terminal acetylenes is 1. The van der Waals surface area contributed by atoms with Crippen LogP contribution in [-0.2, 0) is 11.3 Å². The van der Waals surface area contributed by atoms with E-state index in [0.717, 1.165) is 17.1 Å². The topological polar surface area (TPSA) is 85.4 Å². The van der Waals surface area contributed by atoms with Gasteiger partial charge in [-0.2, -0.15) is 0 Å². The van der Waals surface area contributed by atoms with Crippen molar-refractivity contribution in [3.05, 3.63) is 72.2 Å². The zero-order chi connectivity index (χ0) is 22.1. The highest BCUT2D eigenvalue weighted by Gasteiger charge is 2.11. The first-order chi connectivity index (χ1) is 15.1. The lowest BCUT2D eigenvalue weighted by Crippen LogP contribution is -2.39. The summed E-state index contributed by atoms with van der Waals surface area (Å²) in [7, 11) is 1.90. The van der Waals surface area contributed by atoms with Crippen molar-refractivity contribution in [2.45, 2.75) is 13.5 Å². The van der Waals surface area contributed by atoms with Gasteiger partial charge in [0, 0.05) is 24.8 Å². The average molecular weight is 415 g/mol. The lowest BCUT2D eigenvalue weighted by molar-refractivity contribution is -0.114. The first-order valence-electron chi connectivity index (χ1n) is 10.0. The molecule has 3 rings (SSSR count). The van der Waals surface area contributed by atoms with Crippen LogP contribution in [-0.4, -0.2) is 46.9 Å². The summed E-state index contributed by atoms with van der Waals surface area (Å²) >= 11 is 0. The van der Waals surface area contributed by atoms with Crippen molar-refractivity contribution in [2.75, 3.05) is 25.5 Å². The van der Waals surface area contributed by atoms with Crippen LogP contribution in [0.15, 0.2) is 65.8 Å². The third kappa shape index (κ3) is 6.21. The molecule has 0 fully saturated rings. The lowest BCUT2D eigenvalue weighted by Gasteiger charge is -2.21. The van der Waals surface area contributed by atoms with Gasteiger partial charge in [0.05, 0.1) is 18.4 Å². The summed E-state index contributed by atoms with van der Waals surface area (Å²) in [6.45, 7) is 3.17. The van der Waals surface area contributed by atoms with Crippen molar-refractivity contribution in [1.82, 2.24) is 20.2 Å². The van der Waals surface area contributed by atoms with Crippen molar-refractivity contribution in [3.8, 4) is 23.6 Å². The first kappa shape index (κ1) is 21.7. The summed E-state index contributed by atoms with van der Waals surface area (Å²) in [5, 5.41) is 6.02. The fraction of sp³-hybridized carbons (Fsp3) is 0.208. The number of hydrogen-bond donors (Lipinski definition) is 3. The summed E-state index contributed by atoms with van der Waals surface area (Å²) in [5.41, 5.74) is 3.40. The molecule has 1 amide bonds. The number of aromatic nitrogens is 2. The number of aliphatic imine (C=N–C) groups is 1. The summed E-state index contributed by atoms with van der Waals surface area (Å²) in [6.07, 6.45) is 7.23. The van der Waals surface area contributed by atoms with E-state index >= 15 is 0 Å². The fourth-order valence-corrected chi connectivity index (χ4v) is 3.01.